The Balaban J connectivity index is 2.89. The van der Waals surface area contributed by atoms with Crippen LogP contribution in [-0.2, 0) is 16.1 Å². The van der Waals surface area contributed by atoms with Gasteiger partial charge in [0.2, 0.25) is 11.8 Å². The van der Waals surface area contributed by atoms with Gasteiger partial charge in [0, 0.05) is 11.5 Å². The number of carbonyl (C=O) groups is 2. The van der Waals surface area contributed by atoms with Gasteiger partial charge in [0.1, 0.15) is 6.26 Å². The lowest BCUT2D eigenvalue weighted by atomic mass is 9.94. The third kappa shape index (κ3) is 3.82. The number of amides is 1. The normalized spacial score (nSPS) is 11.6. The number of carbonyl (C=O) groups excluding carboxylic acids is 2. The van der Waals surface area contributed by atoms with Crippen molar-refractivity contribution in [2.24, 2.45) is 5.41 Å². The van der Waals surface area contributed by atoms with Crippen molar-refractivity contribution in [2.45, 2.75) is 47.2 Å². The zero-order valence-corrected chi connectivity index (χ0v) is 12.9. The maximum Gasteiger partial charge on any atom is 0.360 e. The van der Waals surface area contributed by atoms with E-state index in [1.54, 1.807) is 4.90 Å². The molecule has 0 bridgehead atoms. The molecule has 0 aliphatic rings. The fourth-order valence-corrected chi connectivity index (χ4v) is 1.65. The number of aromatic nitrogens is 1. The van der Waals surface area contributed by atoms with Gasteiger partial charge in [0.15, 0.2) is 5.69 Å². The minimum Gasteiger partial charge on any atom is -0.464 e. The molecular formula is C14H22N2O4. The molecule has 1 heterocycles. The average molecular weight is 282 g/mol. The highest BCUT2D eigenvalue weighted by Gasteiger charge is 2.30. The fourth-order valence-electron chi connectivity index (χ4n) is 1.65. The van der Waals surface area contributed by atoms with Crippen molar-refractivity contribution in [2.75, 3.05) is 7.11 Å². The molecule has 0 saturated carbocycles. The first-order valence-corrected chi connectivity index (χ1v) is 6.50. The van der Waals surface area contributed by atoms with Gasteiger partial charge in [-0.2, -0.15) is 0 Å². The number of esters is 1. The van der Waals surface area contributed by atoms with Gasteiger partial charge < -0.3 is 14.1 Å². The fraction of sp³-hybridized carbons (Fsp3) is 0.643. The number of nitrogens with zero attached hydrogens (tertiary/aromatic N) is 2. The van der Waals surface area contributed by atoms with Crippen LogP contribution in [0.25, 0.3) is 0 Å². The smallest absolute Gasteiger partial charge is 0.360 e. The number of rotatable bonds is 4. The zero-order valence-electron chi connectivity index (χ0n) is 12.9. The molecule has 0 radical (unpaired) electrons. The van der Waals surface area contributed by atoms with E-state index in [0.717, 1.165) is 0 Å². The van der Waals surface area contributed by atoms with Gasteiger partial charge in [-0.1, -0.05) is 20.8 Å². The van der Waals surface area contributed by atoms with Gasteiger partial charge in [0.25, 0.3) is 0 Å². The van der Waals surface area contributed by atoms with Crippen LogP contribution < -0.4 is 0 Å². The molecule has 1 aromatic rings. The standard InChI is InChI=1S/C14H22N2O4/c1-9(2)16(13(18)14(3,4)5)7-11-15-10(8-20-11)12(17)19-6/h8-9H,7H2,1-6H3. The van der Waals surface area contributed by atoms with Crippen LogP contribution >= 0.6 is 0 Å². The summed E-state index contributed by atoms with van der Waals surface area (Å²) in [6, 6.07) is 0.00945. The molecule has 0 unspecified atom stereocenters. The van der Waals surface area contributed by atoms with E-state index in [4.69, 9.17) is 4.42 Å². The Labute approximate surface area is 119 Å². The quantitative estimate of drug-likeness (QED) is 0.792. The predicted molar refractivity (Wildman–Crippen MR) is 73.0 cm³/mol. The molecule has 0 saturated heterocycles. The van der Waals surface area contributed by atoms with Crippen LogP contribution in [0.2, 0.25) is 0 Å². The monoisotopic (exact) mass is 282 g/mol. The van der Waals surface area contributed by atoms with Crippen molar-refractivity contribution >= 4 is 11.9 Å². The van der Waals surface area contributed by atoms with E-state index < -0.39 is 11.4 Å². The minimum atomic E-state index is -0.557. The SMILES string of the molecule is COC(=O)c1coc(CN(C(=O)C(C)(C)C)C(C)C)n1. The topological polar surface area (TPSA) is 72.6 Å². The molecule has 0 spiro atoms. The number of hydrogen-bond donors (Lipinski definition) is 0. The summed E-state index contributed by atoms with van der Waals surface area (Å²) in [6.07, 6.45) is 1.24. The van der Waals surface area contributed by atoms with Crippen molar-refractivity contribution < 1.29 is 18.7 Å². The first-order chi connectivity index (χ1) is 9.16. The van der Waals surface area contributed by atoms with E-state index >= 15 is 0 Å². The van der Waals surface area contributed by atoms with E-state index in [0.29, 0.717) is 5.89 Å². The Bertz CT molecular complexity index is 486. The average Bonchev–Trinajstić information content (AvgIpc) is 2.81. The maximum absolute atomic E-state index is 12.4. The summed E-state index contributed by atoms with van der Waals surface area (Å²) in [5, 5.41) is 0. The molecule has 6 heteroatoms. The van der Waals surface area contributed by atoms with Gasteiger partial charge in [-0.05, 0) is 13.8 Å². The van der Waals surface area contributed by atoms with Crippen LogP contribution in [0.1, 0.15) is 51.0 Å². The number of methoxy groups -OCH3 is 1. The van der Waals surface area contributed by atoms with Crippen molar-refractivity contribution in [3.63, 3.8) is 0 Å². The Hall–Kier alpha value is -1.85. The van der Waals surface area contributed by atoms with Crippen LogP contribution in [0.4, 0.5) is 0 Å². The van der Waals surface area contributed by atoms with Crippen molar-refractivity contribution in [3.8, 4) is 0 Å². The van der Waals surface area contributed by atoms with E-state index in [9.17, 15) is 9.59 Å². The number of ether oxygens (including phenoxy) is 1. The van der Waals surface area contributed by atoms with Gasteiger partial charge in [-0.15, -0.1) is 0 Å². The molecule has 0 N–H and O–H groups in total. The van der Waals surface area contributed by atoms with Crippen LogP contribution in [0.15, 0.2) is 10.7 Å². The molecular weight excluding hydrogens is 260 g/mol. The minimum absolute atomic E-state index is 0.00492. The summed E-state index contributed by atoms with van der Waals surface area (Å²) in [5.74, 6) is -0.236. The van der Waals surface area contributed by atoms with E-state index in [-0.39, 0.29) is 24.2 Å². The molecule has 1 rings (SSSR count). The van der Waals surface area contributed by atoms with Crippen LogP contribution in [0.3, 0.4) is 0 Å². The maximum atomic E-state index is 12.4. The van der Waals surface area contributed by atoms with Gasteiger partial charge in [-0.3, -0.25) is 4.79 Å². The lowest BCUT2D eigenvalue weighted by Gasteiger charge is -2.31. The van der Waals surface area contributed by atoms with E-state index in [2.05, 4.69) is 9.72 Å². The summed E-state index contributed by atoms with van der Waals surface area (Å²) < 4.78 is 9.79. The van der Waals surface area contributed by atoms with Crippen molar-refractivity contribution in [3.05, 3.63) is 17.8 Å². The largest absolute Gasteiger partial charge is 0.464 e. The molecule has 0 aliphatic carbocycles. The van der Waals surface area contributed by atoms with Gasteiger partial charge in [-0.25, -0.2) is 9.78 Å². The van der Waals surface area contributed by atoms with Crippen LogP contribution in [0.5, 0.6) is 0 Å². The van der Waals surface area contributed by atoms with Gasteiger partial charge >= 0.3 is 5.97 Å². The molecule has 1 amide bonds. The van der Waals surface area contributed by atoms with Gasteiger partial charge in [0.05, 0.1) is 13.7 Å². The summed E-state index contributed by atoms with van der Waals surface area (Å²) in [5.41, 5.74) is -0.378. The lowest BCUT2D eigenvalue weighted by molar-refractivity contribution is -0.142. The summed E-state index contributed by atoms with van der Waals surface area (Å²) in [7, 11) is 1.28. The molecule has 0 aromatic carbocycles. The Morgan fingerprint density at radius 2 is 2.00 bits per heavy atom. The lowest BCUT2D eigenvalue weighted by Crippen LogP contribution is -2.43. The first-order valence-electron chi connectivity index (χ1n) is 6.50. The highest BCUT2D eigenvalue weighted by Crippen LogP contribution is 2.21. The number of oxazole rings is 1. The second-order valence-electron chi connectivity index (χ2n) is 5.89. The Kier molecular flexibility index (Phi) is 4.92. The third-order valence-electron chi connectivity index (χ3n) is 2.78. The summed E-state index contributed by atoms with van der Waals surface area (Å²) >= 11 is 0. The molecule has 0 fully saturated rings. The first kappa shape index (κ1) is 16.2. The van der Waals surface area contributed by atoms with Crippen molar-refractivity contribution in [1.29, 1.82) is 0 Å². The third-order valence-corrected chi connectivity index (χ3v) is 2.78. The van der Waals surface area contributed by atoms with Crippen LogP contribution in [-0.4, -0.2) is 34.9 Å². The van der Waals surface area contributed by atoms with Crippen LogP contribution in [0, 0.1) is 5.41 Å². The predicted octanol–water partition coefficient (Wildman–Crippen LogP) is 2.24. The Morgan fingerprint density at radius 1 is 1.40 bits per heavy atom. The molecule has 20 heavy (non-hydrogen) atoms. The Morgan fingerprint density at radius 3 is 2.45 bits per heavy atom. The molecule has 6 nitrogen and oxygen atoms in total. The molecule has 1 aromatic heterocycles. The summed E-state index contributed by atoms with van der Waals surface area (Å²) in [6.45, 7) is 9.66. The second-order valence-corrected chi connectivity index (χ2v) is 5.89. The molecule has 0 atom stereocenters. The van der Waals surface area contributed by atoms with E-state index in [1.165, 1.54) is 13.4 Å². The highest BCUT2D eigenvalue weighted by molar-refractivity contribution is 5.86. The van der Waals surface area contributed by atoms with Crippen molar-refractivity contribution in [1.82, 2.24) is 9.88 Å². The molecule has 112 valence electrons. The molecule has 0 aliphatic heterocycles. The zero-order chi connectivity index (χ0) is 15.5. The van der Waals surface area contributed by atoms with E-state index in [1.807, 2.05) is 34.6 Å². The summed E-state index contributed by atoms with van der Waals surface area (Å²) in [4.78, 5) is 29.4. The second kappa shape index (κ2) is 6.07. The number of hydrogen-bond acceptors (Lipinski definition) is 5. The highest BCUT2D eigenvalue weighted by atomic mass is 16.5.